The van der Waals surface area contributed by atoms with Crippen LogP contribution < -0.4 is 0 Å². The van der Waals surface area contributed by atoms with Gasteiger partial charge < -0.3 is 0 Å². The zero-order valence-electron chi connectivity index (χ0n) is 10.4. The summed E-state index contributed by atoms with van der Waals surface area (Å²) in [6.45, 7) is 7.03. The van der Waals surface area contributed by atoms with E-state index < -0.39 is 0 Å². The summed E-state index contributed by atoms with van der Waals surface area (Å²) in [6, 6.07) is 0. The van der Waals surface area contributed by atoms with Crippen molar-refractivity contribution < 1.29 is 0 Å². The Morgan fingerprint density at radius 3 is 2.29 bits per heavy atom. The lowest BCUT2D eigenvalue weighted by molar-refractivity contribution is 0.354. The second kappa shape index (κ2) is 5.78. The topological polar surface area (TPSA) is 0 Å². The van der Waals surface area contributed by atoms with Crippen molar-refractivity contribution in [3.63, 3.8) is 0 Å². The molecule has 1 aliphatic carbocycles. The lowest BCUT2D eigenvalue weighted by Gasteiger charge is -2.17. The fraction of sp³-hybridized carbons (Fsp3) is 1.00. The zero-order valence-corrected chi connectivity index (χ0v) is 10.4. The maximum atomic E-state index is 2.40. The third-order valence-corrected chi connectivity index (χ3v) is 4.13. The molecule has 0 aromatic heterocycles. The third-order valence-electron chi connectivity index (χ3n) is 4.13. The van der Waals surface area contributed by atoms with E-state index in [2.05, 4.69) is 20.8 Å². The summed E-state index contributed by atoms with van der Waals surface area (Å²) >= 11 is 0. The minimum absolute atomic E-state index is 0.832. The van der Waals surface area contributed by atoms with Gasteiger partial charge in [-0.3, -0.25) is 0 Å². The van der Waals surface area contributed by atoms with E-state index in [4.69, 9.17) is 0 Å². The molecule has 14 heavy (non-hydrogen) atoms. The van der Waals surface area contributed by atoms with Gasteiger partial charge >= 0.3 is 0 Å². The van der Waals surface area contributed by atoms with E-state index in [0.717, 1.165) is 11.3 Å². The molecule has 84 valence electrons. The summed E-state index contributed by atoms with van der Waals surface area (Å²) in [5.41, 5.74) is 0.832. The molecular formula is C14H28. The summed E-state index contributed by atoms with van der Waals surface area (Å²) in [4.78, 5) is 0. The van der Waals surface area contributed by atoms with Crippen molar-refractivity contribution in [2.24, 2.45) is 11.3 Å². The molecule has 1 unspecified atom stereocenters. The average molecular weight is 196 g/mol. The van der Waals surface area contributed by atoms with Gasteiger partial charge in [0, 0.05) is 0 Å². The van der Waals surface area contributed by atoms with Crippen molar-refractivity contribution in [2.45, 2.75) is 78.6 Å². The van der Waals surface area contributed by atoms with E-state index in [1.165, 1.54) is 57.8 Å². The first kappa shape index (κ1) is 12.1. The SMILES string of the molecule is CCCCCC1(CCC(C)CC)CC1. The van der Waals surface area contributed by atoms with Crippen molar-refractivity contribution in [2.75, 3.05) is 0 Å². The quantitative estimate of drug-likeness (QED) is 0.470. The van der Waals surface area contributed by atoms with Crippen LogP contribution in [0.3, 0.4) is 0 Å². The second-order valence-corrected chi connectivity index (χ2v) is 5.51. The van der Waals surface area contributed by atoms with Gasteiger partial charge in [0.05, 0.1) is 0 Å². The van der Waals surface area contributed by atoms with Crippen LogP contribution in [0.1, 0.15) is 78.6 Å². The summed E-state index contributed by atoms with van der Waals surface area (Å²) in [5.74, 6) is 0.957. The van der Waals surface area contributed by atoms with E-state index in [-0.39, 0.29) is 0 Å². The number of rotatable bonds is 8. The predicted molar refractivity (Wildman–Crippen MR) is 64.5 cm³/mol. The fourth-order valence-corrected chi connectivity index (χ4v) is 2.31. The lowest BCUT2D eigenvalue weighted by atomic mass is 9.89. The monoisotopic (exact) mass is 196 g/mol. The number of hydrogen-bond donors (Lipinski definition) is 0. The smallest absolute Gasteiger partial charge is 0.0297 e. The largest absolute Gasteiger partial charge is 0.0654 e. The van der Waals surface area contributed by atoms with Gasteiger partial charge in [-0.05, 0) is 37.0 Å². The molecular weight excluding hydrogens is 168 g/mol. The predicted octanol–water partition coefficient (Wildman–Crippen LogP) is 5.17. The number of unbranched alkanes of at least 4 members (excludes halogenated alkanes) is 2. The normalized spacial score (nSPS) is 20.8. The second-order valence-electron chi connectivity index (χ2n) is 5.51. The molecule has 0 amide bonds. The highest BCUT2D eigenvalue weighted by atomic mass is 14.5. The number of hydrogen-bond acceptors (Lipinski definition) is 0. The molecule has 0 heterocycles. The van der Waals surface area contributed by atoms with Gasteiger partial charge in [0.1, 0.15) is 0 Å². The van der Waals surface area contributed by atoms with Crippen LogP contribution in [0.4, 0.5) is 0 Å². The molecule has 0 N–H and O–H groups in total. The van der Waals surface area contributed by atoms with Crippen LogP contribution >= 0.6 is 0 Å². The van der Waals surface area contributed by atoms with Crippen molar-refractivity contribution in [3.05, 3.63) is 0 Å². The Morgan fingerprint density at radius 2 is 1.79 bits per heavy atom. The molecule has 0 aromatic rings. The molecule has 1 rings (SSSR count). The van der Waals surface area contributed by atoms with E-state index in [0.29, 0.717) is 0 Å². The lowest BCUT2D eigenvalue weighted by Crippen LogP contribution is -2.03. The fourth-order valence-electron chi connectivity index (χ4n) is 2.31. The van der Waals surface area contributed by atoms with Crippen LogP contribution in [-0.4, -0.2) is 0 Å². The standard InChI is InChI=1S/C14H28/c1-4-6-7-9-14(11-12-14)10-8-13(3)5-2/h13H,4-12H2,1-3H3. The Bertz CT molecular complexity index is 144. The first-order valence-corrected chi connectivity index (χ1v) is 6.72. The molecule has 0 nitrogen and oxygen atoms in total. The highest BCUT2D eigenvalue weighted by Crippen LogP contribution is 2.54. The molecule has 0 radical (unpaired) electrons. The highest BCUT2D eigenvalue weighted by Gasteiger charge is 2.40. The van der Waals surface area contributed by atoms with Gasteiger partial charge in [0.15, 0.2) is 0 Å². The van der Waals surface area contributed by atoms with Crippen LogP contribution in [0.2, 0.25) is 0 Å². The van der Waals surface area contributed by atoms with Crippen molar-refractivity contribution in [1.29, 1.82) is 0 Å². The van der Waals surface area contributed by atoms with Crippen LogP contribution in [0, 0.1) is 11.3 Å². The summed E-state index contributed by atoms with van der Waals surface area (Å²) < 4.78 is 0. The van der Waals surface area contributed by atoms with Gasteiger partial charge in [-0.1, -0.05) is 52.9 Å². The van der Waals surface area contributed by atoms with E-state index in [9.17, 15) is 0 Å². The van der Waals surface area contributed by atoms with E-state index in [1.807, 2.05) is 0 Å². The van der Waals surface area contributed by atoms with Crippen LogP contribution in [0.25, 0.3) is 0 Å². The molecule has 1 atom stereocenters. The van der Waals surface area contributed by atoms with Gasteiger partial charge in [0.2, 0.25) is 0 Å². The van der Waals surface area contributed by atoms with Gasteiger partial charge in [-0.2, -0.15) is 0 Å². The molecule has 1 saturated carbocycles. The molecule has 0 saturated heterocycles. The van der Waals surface area contributed by atoms with Gasteiger partial charge in [-0.25, -0.2) is 0 Å². The molecule has 0 heteroatoms. The minimum atomic E-state index is 0.832. The Morgan fingerprint density at radius 1 is 1.07 bits per heavy atom. The average Bonchev–Trinajstić information content (AvgIpc) is 2.96. The van der Waals surface area contributed by atoms with Crippen molar-refractivity contribution in [1.82, 2.24) is 0 Å². The maximum absolute atomic E-state index is 2.40. The summed E-state index contributed by atoms with van der Waals surface area (Å²) in [6.07, 6.45) is 13.3. The third kappa shape index (κ3) is 4.02. The van der Waals surface area contributed by atoms with Gasteiger partial charge in [0.25, 0.3) is 0 Å². The molecule has 0 aliphatic heterocycles. The Labute approximate surface area is 90.5 Å². The van der Waals surface area contributed by atoms with Gasteiger partial charge in [-0.15, -0.1) is 0 Å². The molecule has 1 aliphatic rings. The summed E-state index contributed by atoms with van der Waals surface area (Å²) in [5, 5.41) is 0. The zero-order chi connectivity index (χ0) is 10.4. The first-order valence-electron chi connectivity index (χ1n) is 6.72. The van der Waals surface area contributed by atoms with Crippen LogP contribution in [0.15, 0.2) is 0 Å². The molecule has 0 bridgehead atoms. The summed E-state index contributed by atoms with van der Waals surface area (Å²) in [7, 11) is 0. The molecule has 0 aromatic carbocycles. The van der Waals surface area contributed by atoms with Crippen molar-refractivity contribution >= 4 is 0 Å². The van der Waals surface area contributed by atoms with E-state index in [1.54, 1.807) is 0 Å². The van der Waals surface area contributed by atoms with E-state index >= 15 is 0 Å². The Hall–Kier alpha value is 0. The van der Waals surface area contributed by atoms with Crippen LogP contribution in [0.5, 0.6) is 0 Å². The first-order chi connectivity index (χ1) is 6.72. The maximum Gasteiger partial charge on any atom is -0.0297 e. The highest BCUT2D eigenvalue weighted by molar-refractivity contribution is 4.92. The van der Waals surface area contributed by atoms with Crippen LogP contribution in [-0.2, 0) is 0 Å². The molecule has 1 fully saturated rings. The van der Waals surface area contributed by atoms with Crippen molar-refractivity contribution in [3.8, 4) is 0 Å². The minimum Gasteiger partial charge on any atom is -0.0654 e. The Kier molecular flexibility index (Phi) is 4.98. The molecule has 0 spiro atoms. The Balaban J connectivity index is 2.09.